The molecule has 0 unspecified atom stereocenters. The highest BCUT2D eigenvalue weighted by Crippen LogP contribution is 2.38. The molecule has 5 heteroatoms. The minimum Gasteiger partial charge on any atom is -0.326 e. The number of anilines is 1. The number of hydrogen-bond acceptors (Lipinski definition) is 3. The summed E-state index contributed by atoms with van der Waals surface area (Å²) in [4.78, 5) is 0. The maximum Gasteiger partial charge on any atom is 0.238 e. The maximum atomic E-state index is 13.0. The predicted molar refractivity (Wildman–Crippen MR) is 85.6 cm³/mol. The van der Waals surface area contributed by atoms with Gasteiger partial charge < -0.3 is 5.73 Å². The van der Waals surface area contributed by atoms with Crippen LogP contribution < -0.4 is 10.0 Å². The average molecular weight is 308 g/mol. The first-order valence-corrected chi connectivity index (χ1v) is 9.45. The molecule has 2 aliphatic carbocycles. The Hall–Kier alpha value is -1.07. The molecule has 2 fully saturated rings. The summed E-state index contributed by atoms with van der Waals surface area (Å²) < 4.78 is 27.7. The Bertz CT molecular complexity index is 573. The molecule has 0 aromatic heterocycles. The van der Waals surface area contributed by atoms with E-state index in [0.29, 0.717) is 6.54 Å². The van der Waals surface area contributed by atoms with Crippen LogP contribution in [0, 0.1) is 0 Å². The number of hydrogen-bond donors (Lipinski definition) is 1. The molecule has 4 nitrogen and oxygen atoms in total. The molecule has 21 heavy (non-hydrogen) atoms. The van der Waals surface area contributed by atoms with E-state index in [4.69, 9.17) is 5.73 Å². The molecule has 0 heterocycles. The molecule has 0 saturated heterocycles. The maximum absolute atomic E-state index is 13.0. The largest absolute Gasteiger partial charge is 0.326 e. The number of benzene rings is 1. The molecule has 0 atom stereocenters. The van der Waals surface area contributed by atoms with Gasteiger partial charge in [-0.25, -0.2) is 8.42 Å². The second-order valence-corrected chi connectivity index (χ2v) is 8.29. The Morgan fingerprint density at radius 3 is 2.14 bits per heavy atom. The summed E-state index contributed by atoms with van der Waals surface area (Å²) in [6, 6.07) is 7.84. The van der Waals surface area contributed by atoms with Gasteiger partial charge in [0.05, 0.1) is 10.9 Å². The third-order valence-electron chi connectivity index (χ3n) is 4.55. The highest BCUT2D eigenvalue weighted by atomic mass is 32.2. The Kier molecular flexibility index (Phi) is 4.22. The van der Waals surface area contributed by atoms with Gasteiger partial charge in [-0.15, -0.1) is 0 Å². The van der Waals surface area contributed by atoms with Crippen molar-refractivity contribution in [1.29, 1.82) is 0 Å². The van der Waals surface area contributed by atoms with Crippen molar-refractivity contribution >= 4 is 15.7 Å². The first-order chi connectivity index (χ1) is 10.1. The molecule has 0 bridgehead atoms. The van der Waals surface area contributed by atoms with Crippen LogP contribution in [0.15, 0.2) is 24.3 Å². The fourth-order valence-electron chi connectivity index (χ4n) is 3.18. The van der Waals surface area contributed by atoms with Crippen molar-refractivity contribution in [2.75, 3.05) is 4.31 Å². The molecule has 1 aromatic carbocycles. The Morgan fingerprint density at radius 2 is 1.62 bits per heavy atom. The van der Waals surface area contributed by atoms with Crippen LogP contribution >= 0.6 is 0 Å². The summed E-state index contributed by atoms with van der Waals surface area (Å²) in [6.45, 7) is 0.485. The van der Waals surface area contributed by atoms with Crippen molar-refractivity contribution in [2.24, 2.45) is 5.73 Å². The fraction of sp³-hybridized carbons (Fsp3) is 0.625. The van der Waals surface area contributed by atoms with E-state index < -0.39 is 10.0 Å². The lowest BCUT2D eigenvalue weighted by atomic mass is 10.0. The molecule has 2 N–H and O–H groups in total. The lowest BCUT2D eigenvalue weighted by Gasteiger charge is -2.31. The molecular weight excluding hydrogens is 284 g/mol. The van der Waals surface area contributed by atoms with Gasteiger partial charge in [0.15, 0.2) is 0 Å². The van der Waals surface area contributed by atoms with Crippen LogP contribution in [-0.4, -0.2) is 19.7 Å². The van der Waals surface area contributed by atoms with Gasteiger partial charge in [0, 0.05) is 12.6 Å². The van der Waals surface area contributed by atoms with Crippen LogP contribution in [0.2, 0.25) is 0 Å². The van der Waals surface area contributed by atoms with Crippen molar-refractivity contribution < 1.29 is 8.42 Å². The Balaban J connectivity index is 1.89. The molecule has 0 spiro atoms. The average Bonchev–Trinajstić information content (AvgIpc) is 3.33. The summed E-state index contributed by atoms with van der Waals surface area (Å²) in [5, 5.41) is -0.193. The molecule has 0 amide bonds. The van der Waals surface area contributed by atoms with E-state index in [1.165, 1.54) is 6.42 Å². The highest BCUT2D eigenvalue weighted by molar-refractivity contribution is 7.93. The van der Waals surface area contributed by atoms with Crippen molar-refractivity contribution in [3.63, 3.8) is 0 Å². The van der Waals surface area contributed by atoms with Gasteiger partial charge in [0.25, 0.3) is 0 Å². The first-order valence-electron chi connectivity index (χ1n) is 7.95. The number of sulfonamides is 1. The first kappa shape index (κ1) is 14.9. The zero-order valence-electron chi connectivity index (χ0n) is 12.4. The van der Waals surface area contributed by atoms with Crippen LogP contribution in [-0.2, 0) is 16.6 Å². The van der Waals surface area contributed by atoms with Crippen LogP contribution in [0.3, 0.4) is 0 Å². The zero-order valence-corrected chi connectivity index (χ0v) is 13.2. The quantitative estimate of drug-likeness (QED) is 0.909. The van der Waals surface area contributed by atoms with Crippen LogP contribution in [0.4, 0.5) is 5.69 Å². The van der Waals surface area contributed by atoms with E-state index in [1.807, 2.05) is 24.3 Å². The van der Waals surface area contributed by atoms with Gasteiger partial charge in [-0.05, 0) is 43.4 Å². The molecule has 2 aliphatic rings. The predicted octanol–water partition coefficient (Wildman–Crippen LogP) is 2.78. The van der Waals surface area contributed by atoms with E-state index in [0.717, 1.165) is 49.8 Å². The highest BCUT2D eigenvalue weighted by Gasteiger charge is 2.41. The zero-order chi connectivity index (χ0) is 14.9. The molecule has 1 aromatic rings. The second kappa shape index (κ2) is 5.97. The van der Waals surface area contributed by atoms with Crippen molar-refractivity contribution in [2.45, 2.75) is 62.8 Å². The molecule has 2 saturated carbocycles. The third-order valence-corrected chi connectivity index (χ3v) is 6.92. The van der Waals surface area contributed by atoms with Gasteiger partial charge in [-0.2, -0.15) is 0 Å². The fourth-order valence-corrected chi connectivity index (χ4v) is 5.47. The summed E-state index contributed by atoms with van der Waals surface area (Å²) in [7, 11) is -3.23. The van der Waals surface area contributed by atoms with E-state index >= 15 is 0 Å². The van der Waals surface area contributed by atoms with Gasteiger partial charge in [0.1, 0.15) is 0 Å². The second-order valence-electron chi connectivity index (χ2n) is 6.20. The normalized spacial score (nSPS) is 20.4. The van der Waals surface area contributed by atoms with Crippen LogP contribution in [0.5, 0.6) is 0 Å². The van der Waals surface area contributed by atoms with E-state index in [2.05, 4.69) is 0 Å². The van der Waals surface area contributed by atoms with E-state index in [1.54, 1.807) is 4.31 Å². The molecule has 3 rings (SSSR count). The lowest BCUT2D eigenvalue weighted by molar-refractivity contribution is 0.481. The van der Waals surface area contributed by atoms with Gasteiger partial charge in [-0.3, -0.25) is 4.31 Å². The molecular formula is C16H24N2O2S. The van der Waals surface area contributed by atoms with Crippen LogP contribution in [0.1, 0.15) is 50.5 Å². The lowest BCUT2D eigenvalue weighted by Crippen LogP contribution is -2.41. The Morgan fingerprint density at radius 1 is 1.00 bits per heavy atom. The monoisotopic (exact) mass is 308 g/mol. The summed E-state index contributed by atoms with van der Waals surface area (Å²) >= 11 is 0. The minimum absolute atomic E-state index is 0.167. The van der Waals surface area contributed by atoms with Gasteiger partial charge in [-0.1, -0.05) is 31.4 Å². The van der Waals surface area contributed by atoms with E-state index in [9.17, 15) is 8.42 Å². The van der Waals surface area contributed by atoms with Crippen molar-refractivity contribution in [1.82, 2.24) is 0 Å². The topological polar surface area (TPSA) is 63.4 Å². The number of nitrogens with zero attached hydrogens (tertiary/aromatic N) is 1. The minimum atomic E-state index is -3.23. The van der Waals surface area contributed by atoms with E-state index in [-0.39, 0.29) is 11.3 Å². The standard InChI is InChI=1S/C16H24N2O2S/c17-12-13-6-8-14(9-7-13)18(15-10-11-15)21(19,20)16-4-2-1-3-5-16/h6-9,15-16H,1-5,10-12,17H2. The van der Waals surface area contributed by atoms with Gasteiger partial charge >= 0.3 is 0 Å². The van der Waals surface area contributed by atoms with Gasteiger partial charge in [0.2, 0.25) is 10.0 Å². The number of nitrogens with two attached hydrogens (primary N) is 1. The number of rotatable bonds is 5. The summed E-state index contributed by atoms with van der Waals surface area (Å²) in [5.41, 5.74) is 7.46. The van der Waals surface area contributed by atoms with Crippen molar-refractivity contribution in [3.8, 4) is 0 Å². The Labute approximate surface area is 127 Å². The molecule has 0 radical (unpaired) electrons. The molecule has 116 valence electrons. The smallest absolute Gasteiger partial charge is 0.238 e. The van der Waals surface area contributed by atoms with Crippen molar-refractivity contribution in [3.05, 3.63) is 29.8 Å². The van der Waals surface area contributed by atoms with Crippen LogP contribution in [0.25, 0.3) is 0 Å². The summed E-state index contributed by atoms with van der Waals surface area (Å²) in [5.74, 6) is 0. The third kappa shape index (κ3) is 3.09. The molecule has 0 aliphatic heterocycles. The summed E-state index contributed by atoms with van der Waals surface area (Å²) in [6.07, 6.45) is 6.82. The SMILES string of the molecule is NCc1ccc(N(C2CC2)S(=O)(=O)C2CCCCC2)cc1.